The molecule has 13 rings (SSSR count). The van der Waals surface area contributed by atoms with Crippen LogP contribution < -0.4 is 4.90 Å². The van der Waals surface area contributed by atoms with E-state index in [-0.39, 0.29) is 0 Å². The molecule has 0 atom stereocenters. The molecule has 0 aromatic heterocycles. The molecule has 0 heterocycles. The highest BCUT2D eigenvalue weighted by Gasteiger charge is 2.49. The molecule has 0 fully saturated rings. The number of anilines is 3. The zero-order chi connectivity index (χ0) is 45.8. The van der Waals surface area contributed by atoms with E-state index in [1.807, 2.05) is 0 Å². The summed E-state index contributed by atoms with van der Waals surface area (Å²) in [7, 11) is 0. The Labute approximate surface area is 404 Å². The summed E-state index contributed by atoms with van der Waals surface area (Å²) in [5.41, 5.74) is 22.2. The van der Waals surface area contributed by atoms with Gasteiger partial charge < -0.3 is 4.90 Å². The third-order valence-electron chi connectivity index (χ3n) is 14.9. The van der Waals surface area contributed by atoms with Crippen molar-refractivity contribution in [1.82, 2.24) is 0 Å². The van der Waals surface area contributed by atoms with Crippen molar-refractivity contribution in [2.24, 2.45) is 0 Å². The third-order valence-corrected chi connectivity index (χ3v) is 14.9. The second-order valence-corrected chi connectivity index (χ2v) is 18.3. The Bertz CT molecular complexity index is 3550. The fraction of sp³-hybridized carbons (Fsp3) is 0.0294. The molecule has 69 heavy (non-hydrogen) atoms. The first-order valence-corrected chi connectivity index (χ1v) is 24.0. The molecule has 324 valence electrons. The maximum Gasteiger partial charge on any atom is 0.0734 e. The molecule has 0 amide bonds. The Hall–Kier alpha value is -8.78. The molecule has 1 nitrogen and oxygen atoms in total. The van der Waals surface area contributed by atoms with Gasteiger partial charge in [-0.2, -0.15) is 0 Å². The van der Waals surface area contributed by atoms with Crippen LogP contribution >= 0.6 is 0 Å². The summed E-state index contributed by atoms with van der Waals surface area (Å²) >= 11 is 0. The number of hydrogen-bond donors (Lipinski definition) is 0. The summed E-state index contributed by atoms with van der Waals surface area (Å²) in [4.78, 5) is 2.51. The minimum Gasteiger partial charge on any atom is -0.310 e. The highest BCUT2D eigenvalue weighted by Crippen LogP contribution is 2.61. The minimum atomic E-state index is -0.605. The van der Waals surface area contributed by atoms with Crippen molar-refractivity contribution in [2.75, 3.05) is 4.90 Å². The van der Waals surface area contributed by atoms with E-state index in [0.29, 0.717) is 0 Å². The van der Waals surface area contributed by atoms with Crippen LogP contribution in [0.15, 0.2) is 285 Å². The number of rotatable bonds is 9. The molecule has 0 unspecified atom stereocenters. The predicted molar refractivity (Wildman–Crippen MR) is 287 cm³/mol. The molecule has 0 saturated carbocycles. The normalized spacial score (nSPS) is 13.4. The Morgan fingerprint density at radius 1 is 0.217 bits per heavy atom. The lowest BCUT2D eigenvalue weighted by molar-refractivity contribution is 0.766. The SMILES string of the molecule is c1ccc(-c2ccccc2-c2ccc(N(c3ccc(C4(c5ccccc5)c5ccccc5-c5ccccc54)cc3)c3cccc4c3C(c3ccccc3)(c3ccccc3)c3ccccc3-4)cc2)cc1. The van der Waals surface area contributed by atoms with E-state index in [0.717, 1.165) is 17.1 Å². The molecule has 2 aliphatic carbocycles. The fourth-order valence-electron chi connectivity index (χ4n) is 12.1. The summed E-state index contributed by atoms with van der Waals surface area (Å²) < 4.78 is 0. The molecule has 0 aliphatic heterocycles. The van der Waals surface area contributed by atoms with E-state index in [2.05, 4.69) is 290 Å². The quantitative estimate of drug-likeness (QED) is 0.140. The average Bonchev–Trinajstić information content (AvgIpc) is 3.92. The maximum absolute atomic E-state index is 2.51. The highest BCUT2D eigenvalue weighted by atomic mass is 15.1. The van der Waals surface area contributed by atoms with Crippen molar-refractivity contribution in [2.45, 2.75) is 10.8 Å². The van der Waals surface area contributed by atoms with Crippen LogP contribution in [0, 0.1) is 0 Å². The lowest BCUT2D eigenvalue weighted by atomic mass is 9.67. The van der Waals surface area contributed by atoms with Crippen LogP contribution in [-0.2, 0) is 10.8 Å². The zero-order valence-electron chi connectivity index (χ0n) is 38.1. The standard InChI is InChI=1S/C68H47N/c1-5-22-48(23-6-1)56-30-13-14-31-57(56)49-40-44-54(45-41-49)69(55-46-42-53(43-47-55)67(50-24-7-2-8-25-50)62-36-18-15-32-58(62)59-33-16-19-37-63(59)67)65-39-21-35-61-60-34-17-20-38-64(60)68(66(61)65,51-26-9-3-10-27-51)52-28-11-4-12-29-52/h1-47H. The van der Waals surface area contributed by atoms with Gasteiger partial charge >= 0.3 is 0 Å². The van der Waals surface area contributed by atoms with Crippen molar-refractivity contribution < 1.29 is 0 Å². The van der Waals surface area contributed by atoms with Crippen molar-refractivity contribution in [3.05, 3.63) is 330 Å². The summed E-state index contributed by atoms with van der Waals surface area (Å²) in [6.07, 6.45) is 0. The Balaban J connectivity index is 1.06. The first kappa shape index (κ1) is 40.5. The van der Waals surface area contributed by atoms with Crippen LogP contribution in [0.25, 0.3) is 44.5 Å². The molecule has 0 N–H and O–H groups in total. The lowest BCUT2D eigenvalue weighted by Crippen LogP contribution is -2.30. The predicted octanol–water partition coefficient (Wildman–Crippen LogP) is 17.2. The summed E-state index contributed by atoms with van der Waals surface area (Å²) in [5.74, 6) is 0. The van der Waals surface area contributed by atoms with E-state index >= 15 is 0 Å². The van der Waals surface area contributed by atoms with E-state index < -0.39 is 10.8 Å². The van der Waals surface area contributed by atoms with Gasteiger partial charge in [0.15, 0.2) is 0 Å². The number of hydrogen-bond acceptors (Lipinski definition) is 1. The summed E-state index contributed by atoms with van der Waals surface area (Å²) in [6.45, 7) is 0. The van der Waals surface area contributed by atoms with Crippen LogP contribution in [0.5, 0.6) is 0 Å². The molecule has 0 bridgehead atoms. The highest BCUT2D eigenvalue weighted by molar-refractivity contribution is 5.95. The topological polar surface area (TPSA) is 3.24 Å². The van der Waals surface area contributed by atoms with Gasteiger partial charge in [0.25, 0.3) is 0 Å². The molecule has 11 aromatic rings. The van der Waals surface area contributed by atoms with E-state index in [1.165, 1.54) is 89.0 Å². The van der Waals surface area contributed by atoms with Crippen molar-refractivity contribution in [3.8, 4) is 44.5 Å². The molecule has 11 aromatic carbocycles. The van der Waals surface area contributed by atoms with Gasteiger partial charge in [0.1, 0.15) is 0 Å². The van der Waals surface area contributed by atoms with Gasteiger partial charge in [-0.25, -0.2) is 0 Å². The van der Waals surface area contributed by atoms with Gasteiger partial charge in [0, 0.05) is 16.9 Å². The molecule has 0 saturated heterocycles. The van der Waals surface area contributed by atoms with Crippen LogP contribution in [-0.4, -0.2) is 0 Å². The molecule has 0 radical (unpaired) electrons. The lowest BCUT2D eigenvalue weighted by Gasteiger charge is -2.38. The second-order valence-electron chi connectivity index (χ2n) is 18.3. The Morgan fingerprint density at radius 2 is 0.551 bits per heavy atom. The van der Waals surface area contributed by atoms with Crippen LogP contribution in [0.3, 0.4) is 0 Å². The van der Waals surface area contributed by atoms with Gasteiger partial charge in [-0.3, -0.25) is 0 Å². The van der Waals surface area contributed by atoms with E-state index in [1.54, 1.807) is 0 Å². The van der Waals surface area contributed by atoms with E-state index in [4.69, 9.17) is 0 Å². The minimum absolute atomic E-state index is 0.503. The summed E-state index contributed by atoms with van der Waals surface area (Å²) in [5, 5.41) is 0. The van der Waals surface area contributed by atoms with Crippen molar-refractivity contribution >= 4 is 17.1 Å². The maximum atomic E-state index is 2.51. The van der Waals surface area contributed by atoms with Gasteiger partial charge in [0.2, 0.25) is 0 Å². The third kappa shape index (κ3) is 6.17. The van der Waals surface area contributed by atoms with Crippen LogP contribution in [0.2, 0.25) is 0 Å². The first-order valence-electron chi connectivity index (χ1n) is 24.0. The van der Waals surface area contributed by atoms with Crippen LogP contribution in [0.1, 0.15) is 44.5 Å². The zero-order valence-corrected chi connectivity index (χ0v) is 38.1. The first-order chi connectivity index (χ1) is 34.3. The van der Waals surface area contributed by atoms with Gasteiger partial charge in [-0.15, -0.1) is 0 Å². The number of nitrogens with zero attached hydrogens (tertiary/aromatic N) is 1. The van der Waals surface area contributed by atoms with Crippen LogP contribution in [0.4, 0.5) is 17.1 Å². The largest absolute Gasteiger partial charge is 0.310 e. The van der Waals surface area contributed by atoms with Crippen molar-refractivity contribution in [3.63, 3.8) is 0 Å². The average molecular weight is 878 g/mol. The molecule has 0 spiro atoms. The molecule has 2 aliphatic rings. The molecular formula is C68H47N. The smallest absolute Gasteiger partial charge is 0.0734 e. The van der Waals surface area contributed by atoms with Gasteiger partial charge in [0.05, 0.1) is 16.5 Å². The summed E-state index contributed by atoms with van der Waals surface area (Å²) in [6, 6.07) is 105. The number of fused-ring (bicyclic) bond motifs is 6. The van der Waals surface area contributed by atoms with E-state index in [9.17, 15) is 0 Å². The second kappa shape index (κ2) is 16.5. The fourth-order valence-corrected chi connectivity index (χ4v) is 12.1. The molecular weight excluding hydrogens is 831 g/mol. The van der Waals surface area contributed by atoms with Crippen molar-refractivity contribution in [1.29, 1.82) is 0 Å². The van der Waals surface area contributed by atoms with Gasteiger partial charge in [-0.1, -0.05) is 255 Å². The molecule has 1 heteroatoms. The monoisotopic (exact) mass is 877 g/mol. The van der Waals surface area contributed by atoms with Gasteiger partial charge in [-0.05, 0) is 114 Å². The Morgan fingerprint density at radius 3 is 1.04 bits per heavy atom. The number of benzene rings is 11. The Kier molecular flexibility index (Phi) is 9.70.